The van der Waals surface area contributed by atoms with Crippen molar-refractivity contribution in [2.45, 2.75) is 0 Å². The molecule has 2 aromatic heterocycles. The van der Waals surface area contributed by atoms with E-state index in [2.05, 4.69) is 10.1 Å². The quantitative estimate of drug-likeness (QED) is 0.574. The molecule has 4 nitrogen and oxygen atoms in total. The van der Waals surface area contributed by atoms with Crippen molar-refractivity contribution in [3.05, 3.63) is 28.8 Å². The molecule has 0 aliphatic rings. The van der Waals surface area contributed by atoms with E-state index in [9.17, 15) is 4.79 Å². The number of aromatic amines is 1. The van der Waals surface area contributed by atoms with Crippen molar-refractivity contribution in [1.29, 1.82) is 0 Å². The fourth-order valence-corrected chi connectivity index (χ4v) is 0.798. The number of hydrogen-bond donors (Lipinski definition) is 1. The van der Waals surface area contributed by atoms with Gasteiger partial charge in [0.15, 0.2) is 5.58 Å². The third-order valence-electron chi connectivity index (χ3n) is 1.28. The molecule has 0 atom stereocenters. The van der Waals surface area contributed by atoms with E-state index >= 15 is 0 Å². The van der Waals surface area contributed by atoms with Gasteiger partial charge in [0.2, 0.25) is 0 Å². The Morgan fingerprint density at radius 3 is 3.30 bits per heavy atom. The Balaban J connectivity index is 3.07. The summed E-state index contributed by atoms with van der Waals surface area (Å²) in [7, 11) is 0. The van der Waals surface area contributed by atoms with Crippen LogP contribution in [0.15, 0.2) is 27.8 Å². The molecular formula is C6H4N2O2. The van der Waals surface area contributed by atoms with E-state index < -0.39 is 0 Å². The Labute approximate surface area is 55.5 Å². The van der Waals surface area contributed by atoms with Crippen LogP contribution in [0.1, 0.15) is 0 Å². The van der Waals surface area contributed by atoms with E-state index in [1.165, 1.54) is 6.20 Å². The first kappa shape index (κ1) is 5.22. The van der Waals surface area contributed by atoms with Crippen molar-refractivity contribution < 1.29 is 4.52 Å². The van der Waals surface area contributed by atoms with Gasteiger partial charge in [0.05, 0.1) is 0 Å². The van der Waals surface area contributed by atoms with Gasteiger partial charge in [-0.05, 0) is 0 Å². The molecule has 0 radical (unpaired) electrons. The number of nitrogens with one attached hydrogen (secondary N) is 1. The van der Waals surface area contributed by atoms with Gasteiger partial charge in [-0.15, -0.1) is 0 Å². The summed E-state index contributed by atoms with van der Waals surface area (Å²) in [5, 5.41) is 2.69. The highest BCUT2D eigenvalue weighted by Gasteiger charge is 1.99. The number of nitrogens with zero attached hydrogens (tertiary/aromatic N) is 1. The number of H-pyrrole nitrogens is 1. The number of hydrogen-bond acceptors (Lipinski definition) is 3. The summed E-state index contributed by atoms with van der Waals surface area (Å²) in [6.07, 6.45) is 3.04. The molecule has 0 saturated heterocycles. The zero-order chi connectivity index (χ0) is 6.97. The lowest BCUT2D eigenvalue weighted by Gasteiger charge is -1.78. The van der Waals surface area contributed by atoms with Crippen LogP contribution >= 0.6 is 0 Å². The first-order chi connectivity index (χ1) is 4.88. The number of rotatable bonds is 0. The smallest absolute Gasteiger partial charge is 0.289 e. The highest BCUT2D eigenvalue weighted by molar-refractivity contribution is 5.73. The van der Waals surface area contributed by atoms with Gasteiger partial charge in [-0.2, -0.15) is 5.16 Å². The van der Waals surface area contributed by atoms with Crippen LogP contribution in [0.3, 0.4) is 0 Å². The van der Waals surface area contributed by atoms with Crippen molar-refractivity contribution in [3.8, 4) is 0 Å². The molecule has 0 aromatic carbocycles. The predicted octanol–water partition coefficient (Wildman–Crippen LogP) is 0.516. The van der Waals surface area contributed by atoms with Crippen LogP contribution in [-0.2, 0) is 0 Å². The molecule has 2 heterocycles. The monoisotopic (exact) mass is 136 g/mol. The second-order valence-electron chi connectivity index (χ2n) is 1.91. The van der Waals surface area contributed by atoms with Crippen LogP contribution in [0.5, 0.6) is 0 Å². The molecule has 0 saturated carbocycles. The predicted molar refractivity (Wildman–Crippen MR) is 34.6 cm³/mol. The van der Waals surface area contributed by atoms with Crippen LogP contribution in [0, 0.1) is 0 Å². The number of fused-ring (bicyclic) bond motifs is 1. The first-order valence-corrected chi connectivity index (χ1v) is 2.79. The number of aromatic nitrogens is 2. The average Bonchev–Trinajstić information content (AvgIpc) is 2.34. The largest absolute Gasteiger partial charge is 0.378 e. The van der Waals surface area contributed by atoms with Gasteiger partial charge in [-0.25, -0.2) is 0 Å². The van der Waals surface area contributed by atoms with Gasteiger partial charge in [0, 0.05) is 18.5 Å². The lowest BCUT2D eigenvalue weighted by Crippen LogP contribution is -1.96. The molecule has 10 heavy (non-hydrogen) atoms. The molecular weight excluding hydrogens is 132 g/mol. The van der Waals surface area contributed by atoms with Crippen molar-refractivity contribution >= 4 is 11.0 Å². The molecule has 50 valence electrons. The maximum atomic E-state index is 10.8. The van der Waals surface area contributed by atoms with Crippen molar-refractivity contribution in [2.75, 3.05) is 0 Å². The topological polar surface area (TPSA) is 58.9 Å². The second-order valence-corrected chi connectivity index (χ2v) is 1.91. The summed E-state index contributed by atoms with van der Waals surface area (Å²) in [6, 6.07) is 1.63. The maximum absolute atomic E-state index is 10.8. The van der Waals surface area contributed by atoms with Crippen LogP contribution < -0.4 is 5.56 Å². The molecule has 0 aliphatic carbocycles. The van der Waals surface area contributed by atoms with Crippen LogP contribution in [0.4, 0.5) is 0 Å². The minimum atomic E-state index is -0.233. The first-order valence-electron chi connectivity index (χ1n) is 2.79. The van der Waals surface area contributed by atoms with E-state index in [1.54, 1.807) is 12.3 Å². The molecule has 2 rings (SSSR count). The Bertz CT molecular complexity index is 401. The summed E-state index contributed by atoms with van der Waals surface area (Å²) in [5.41, 5.74) is 0.308. The highest BCUT2D eigenvalue weighted by Crippen LogP contribution is 2.03. The Hall–Kier alpha value is -1.58. The molecule has 4 heteroatoms. The van der Waals surface area contributed by atoms with Crippen LogP contribution in [0.2, 0.25) is 0 Å². The van der Waals surface area contributed by atoms with Gasteiger partial charge in [0.1, 0.15) is 5.39 Å². The molecule has 0 bridgehead atoms. The Kier molecular flexibility index (Phi) is 0.887. The zero-order valence-electron chi connectivity index (χ0n) is 5.00. The fraction of sp³-hybridized carbons (Fsp3) is 0. The Morgan fingerprint density at radius 1 is 1.60 bits per heavy atom. The van der Waals surface area contributed by atoms with Crippen LogP contribution in [-0.4, -0.2) is 10.1 Å². The van der Waals surface area contributed by atoms with Crippen molar-refractivity contribution in [2.24, 2.45) is 0 Å². The fourth-order valence-electron chi connectivity index (χ4n) is 0.798. The minimum Gasteiger partial charge on any atom is -0.378 e. The van der Waals surface area contributed by atoms with Gasteiger partial charge >= 0.3 is 0 Å². The lowest BCUT2D eigenvalue weighted by molar-refractivity contribution is 0.449. The van der Waals surface area contributed by atoms with Gasteiger partial charge in [-0.1, -0.05) is 0 Å². The molecule has 2 aromatic rings. The van der Waals surface area contributed by atoms with E-state index in [0.29, 0.717) is 11.0 Å². The van der Waals surface area contributed by atoms with Crippen molar-refractivity contribution in [1.82, 2.24) is 10.1 Å². The molecule has 0 unspecified atom stereocenters. The van der Waals surface area contributed by atoms with Gasteiger partial charge in [-0.3, -0.25) is 9.78 Å². The van der Waals surface area contributed by atoms with Gasteiger partial charge in [0.25, 0.3) is 5.56 Å². The third kappa shape index (κ3) is 0.556. The molecule has 0 amide bonds. The summed E-state index contributed by atoms with van der Waals surface area (Å²) in [6.45, 7) is 0. The molecule has 0 fully saturated rings. The van der Waals surface area contributed by atoms with E-state index in [4.69, 9.17) is 4.52 Å². The summed E-state index contributed by atoms with van der Waals surface area (Å²) in [4.78, 5) is 14.6. The van der Waals surface area contributed by atoms with Gasteiger partial charge < -0.3 is 4.52 Å². The summed E-state index contributed by atoms with van der Waals surface area (Å²) in [5.74, 6) is 0. The summed E-state index contributed by atoms with van der Waals surface area (Å²) < 4.78 is 4.77. The highest BCUT2D eigenvalue weighted by atomic mass is 16.5. The standard InChI is InChI=1S/C6H4N2O2/c9-6-4-3-7-2-1-5(4)10-8-6/h1-3H,(H,8,9). The Morgan fingerprint density at radius 2 is 2.50 bits per heavy atom. The summed E-state index contributed by atoms with van der Waals surface area (Å²) >= 11 is 0. The van der Waals surface area contributed by atoms with E-state index in [0.717, 1.165) is 0 Å². The maximum Gasteiger partial charge on any atom is 0.289 e. The van der Waals surface area contributed by atoms with Crippen molar-refractivity contribution in [3.63, 3.8) is 0 Å². The van der Waals surface area contributed by atoms with Crippen LogP contribution in [0.25, 0.3) is 11.0 Å². The van der Waals surface area contributed by atoms with E-state index in [1.807, 2.05) is 0 Å². The normalized spacial score (nSPS) is 10.4. The van der Waals surface area contributed by atoms with E-state index in [-0.39, 0.29) is 5.56 Å². The lowest BCUT2D eigenvalue weighted by atomic mass is 10.4. The molecule has 0 aliphatic heterocycles. The third-order valence-corrected chi connectivity index (χ3v) is 1.28. The second kappa shape index (κ2) is 1.70. The molecule has 1 N–H and O–H groups in total. The SMILES string of the molecule is O=c1[nH]oc2ccncc12. The average molecular weight is 136 g/mol. The minimum absolute atomic E-state index is 0.233. The number of pyridine rings is 1. The molecule has 0 spiro atoms. The zero-order valence-corrected chi connectivity index (χ0v) is 5.00.